The van der Waals surface area contributed by atoms with Gasteiger partial charge in [0.1, 0.15) is 0 Å². The third-order valence-corrected chi connectivity index (χ3v) is 15.4. The van der Waals surface area contributed by atoms with E-state index in [-0.39, 0.29) is 0 Å². The van der Waals surface area contributed by atoms with Crippen molar-refractivity contribution in [1.29, 1.82) is 0 Å². The summed E-state index contributed by atoms with van der Waals surface area (Å²) < 4.78 is 0. The van der Waals surface area contributed by atoms with E-state index < -0.39 is 13.3 Å². The molecule has 0 aliphatic carbocycles. The first-order chi connectivity index (χ1) is 8.21. The van der Waals surface area contributed by atoms with E-state index in [1.165, 1.54) is 26.2 Å². The van der Waals surface area contributed by atoms with E-state index in [1.54, 1.807) is 11.3 Å². The average molecular weight is 307 g/mol. The fourth-order valence-corrected chi connectivity index (χ4v) is 9.37. The summed E-state index contributed by atoms with van der Waals surface area (Å²) >= 11 is 0.0384. The summed E-state index contributed by atoms with van der Waals surface area (Å²) in [6.45, 7) is 10.8. The summed E-state index contributed by atoms with van der Waals surface area (Å²) in [7, 11) is 0. The van der Waals surface area contributed by atoms with Gasteiger partial charge in [0.05, 0.1) is 0 Å². The Balaban J connectivity index is 3.18. The fraction of sp³-hybridized carbons (Fsp3) is 0.400. The summed E-state index contributed by atoms with van der Waals surface area (Å²) in [6.07, 6.45) is 2.05. The molecule has 0 fully saturated rings. The zero-order valence-electron chi connectivity index (χ0n) is 11.1. The van der Waals surface area contributed by atoms with Crippen LogP contribution in [0.4, 0.5) is 0 Å². The number of hydrogen-bond donors (Lipinski definition) is 0. The number of thiophene rings is 1. The van der Waals surface area contributed by atoms with Gasteiger partial charge in [-0.1, -0.05) is 0 Å². The zero-order chi connectivity index (χ0) is 12.7. The molecule has 0 bridgehead atoms. The summed E-state index contributed by atoms with van der Waals surface area (Å²) in [5, 5.41) is 6.24. The second kappa shape index (κ2) is 7.05. The van der Waals surface area contributed by atoms with Crippen molar-refractivity contribution < 1.29 is 0 Å². The van der Waals surface area contributed by atoms with Gasteiger partial charge in [0.15, 0.2) is 0 Å². The fourth-order valence-electron chi connectivity index (χ4n) is 2.12. The molecule has 0 saturated heterocycles. The topological polar surface area (TPSA) is 0 Å². The molecule has 1 aromatic rings. The third-order valence-electron chi connectivity index (χ3n) is 3.64. The Morgan fingerprint density at radius 2 is 2.00 bits per heavy atom. The molecule has 0 aliphatic heterocycles. The van der Waals surface area contributed by atoms with E-state index >= 15 is 0 Å². The normalized spacial score (nSPS) is 12.3. The van der Waals surface area contributed by atoms with Crippen LogP contribution in [0.1, 0.15) is 25.6 Å². The number of hydrogen-bond acceptors (Lipinski definition) is 1. The van der Waals surface area contributed by atoms with E-state index in [1.807, 2.05) is 6.08 Å². The van der Waals surface area contributed by atoms with Crippen LogP contribution in [0.5, 0.6) is 0 Å². The number of allylic oxidation sites excluding steroid dienone is 2. The van der Waals surface area contributed by atoms with Gasteiger partial charge in [0.25, 0.3) is 0 Å². The van der Waals surface area contributed by atoms with Gasteiger partial charge in [-0.3, -0.25) is 0 Å². The summed E-state index contributed by atoms with van der Waals surface area (Å²) in [5.74, 6) is 0. The molecule has 0 amide bonds. The summed E-state index contributed by atoms with van der Waals surface area (Å²) in [5.41, 5.74) is 4.29. The molecule has 0 radical (unpaired) electrons. The van der Waals surface area contributed by atoms with Gasteiger partial charge in [-0.15, -0.1) is 0 Å². The molecule has 0 N–H and O–H groups in total. The molecule has 0 saturated carbocycles. The maximum absolute atomic E-state index is 3.72. The predicted molar refractivity (Wildman–Crippen MR) is 83.2 cm³/mol. The van der Waals surface area contributed by atoms with E-state index in [0.29, 0.717) is 0 Å². The molecular weight excluding hydrogens is 285 g/mol. The van der Waals surface area contributed by atoms with Crippen LogP contribution >= 0.6 is 11.3 Å². The quantitative estimate of drug-likeness (QED) is 0.369. The first-order valence-electron chi connectivity index (χ1n) is 6.34. The van der Waals surface area contributed by atoms with Crippen molar-refractivity contribution >= 4 is 30.2 Å². The Labute approximate surface area is 112 Å². The molecule has 1 heterocycles. The summed E-state index contributed by atoms with van der Waals surface area (Å²) in [4.78, 5) is 3.95. The van der Waals surface area contributed by atoms with Gasteiger partial charge in [-0.05, 0) is 0 Å². The molecule has 92 valence electrons. The van der Waals surface area contributed by atoms with Gasteiger partial charge in [-0.2, -0.15) is 0 Å². The second-order valence-electron chi connectivity index (χ2n) is 4.35. The van der Waals surface area contributed by atoms with E-state index in [0.717, 1.165) is 0 Å². The average Bonchev–Trinajstić information content (AvgIpc) is 2.89. The molecule has 0 aliphatic rings. The first kappa shape index (κ1) is 14.6. The minimum atomic E-state index is -1.77. The molecule has 0 spiro atoms. The van der Waals surface area contributed by atoms with Crippen molar-refractivity contribution in [3.05, 3.63) is 45.7 Å². The molecule has 0 unspecified atom stereocenters. The molecule has 1 rings (SSSR count). The Morgan fingerprint density at radius 1 is 1.35 bits per heavy atom. The van der Waals surface area contributed by atoms with Crippen LogP contribution in [0.3, 0.4) is 0 Å². The van der Waals surface area contributed by atoms with E-state index in [9.17, 15) is 0 Å². The van der Waals surface area contributed by atoms with Crippen LogP contribution in [0.2, 0.25) is 15.8 Å². The van der Waals surface area contributed by atoms with E-state index in [4.69, 9.17) is 0 Å². The van der Waals surface area contributed by atoms with Gasteiger partial charge in [-0.25, -0.2) is 0 Å². The van der Waals surface area contributed by atoms with Gasteiger partial charge in [0, 0.05) is 0 Å². The van der Waals surface area contributed by atoms with Crippen molar-refractivity contribution in [2.75, 3.05) is 0 Å². The molecule has 17 heavy (non-hydrogen) atoms. The van der Waals surface area contributed by atoms with Gasteiger partial charge in [0.2, 0.25) is 0 Å². The molecule has 2 heteroatoms. The summed E-state index contributed by atoms with van der Waals surface area (Å²) in [6, 6.07) is 4.31. The Hall–Kier alpha value is -0.497. The van der Waals surface area contributed by atoms with Gasteiger partial charge >= 0.3 is 112 Å². The van der Waals surface area contributed by atoms with Crippen molar-refractivity contribution in [2.24, 2.45) is 0 Å². The Morgan fingerprint density at radius 3 is 2.41 bits per heavy atom. The third kappa shape index (κ3) is 3.74. The van der Waals surface area contributed by atoms with E-state index in [2.05, 4.69) is 55.5 Å². The van der Waals surface area contributed by atoms with Crippen molar-refractivity contribution in [3.8, 4) is 0 Å². The Kier molecular flexibility index (Phi) is 6.04. The second-order valence-corrected chi connectivity index (χ2v) is 16.1. The van der Waals surface area contributed by atoms with Crippen molar-refractivity contribution in [3.63, 3.8) is 0 Å². The van der Waals surface area contributed by atoms with Crippen LogP contribution in [-0.2, 0) is 0 Å². The Bertz CT molecular complexity index is 396. The predicted octanol–water partition coefficient (Wildman–Crippen LogP) is 5.52. The monoisotopic (exact) mass is 308 g/mol. The minimum absolute atomic E-state index is 1.35. The van der Waals surface area contributed by atoms with Crippen LogP contribution in [0.25, 0.3) is 5.57 Å². The van der Waals surface area contributed by atoms with Crippen LogP contribution in [0, 0.1) is 0 Å². The van der Waals surface area contributed by atoms with Crippen LogP contribution in [0.15, 0.2) is 40.8 Å². The first-order valence-corrected chi connectivity index (χ1v) is 12.9. The van der Waals surface area contributed by atoms with Crippen LogP contribution < -0.4 is 0 Å². The van der Waals surface area contributed by atoms with Gasteiger partial charge < -0.3 is 0 Å². The molecule has 0 atom stereocenters. The molecule has 1 aromatic heterocycles. The molecular formula is C15H22GeS. The van der Waals surface area contributed by atoms with Crippen LogP contribution in [-0.4, -0.2) is 13.3 Å². The maximum atomic E-state index is 3.72. The standard InChI is InChI=1S/C15H22GeS/c1-5-10-14(15-11-9-12-17-15)13-16(6-2,7-3)8-4/h9-13H,1,6-8H2,2-4H3/b14-13+. The molecule has 0 aromatic carbocycles. The van der Waals surface area contributed by atoms with Crippen molar-refractivity contribution in [2.45, 2.75) is 36.5 Å². The SMILES string of the molecule is C=C=C/C(=[CH]\[Ge]([CH2]C)([CH2]C)[CH2]C)c1cccs1. The number of rotatable bonds is 6. The zero-order valence-corrected chi connectivity index (χ0v) is 14.0. The molecule has 0 nitrogen and oxygen atoms in total. The van der Waals surface area contributed by atoms with Crippen molar-refractivity contribution in [1.82, 2.24) is 0 Å².